The van der Waals surface area contributed by atoms with Crippen LogP contribution in [0.3, 0.4) is 0 Å². The van der Waals surface area contributed by atoms with E-state index in [1.54, 1.807) is 12.3 Å². The lowest BCUT2D eigenvalue weighted by molar-refractivity contribution is -0.137. The number of rotatable bonds is 3. The number of aromatic nitrogens is 1. The van der Waals surface area contributed by atoms with Crippen molar-refractivity contribution in [3.63, 3.8) is 0 Å². The maximum atomic E-state index is 10.3. The van der Waals surface area contributed by atoms with Gasteiger partial charge >= 0.3 is 5.97 Å². The number of aromatic amines is 1. The average molecular weight is 189 g/mol. The van der Waals surface area contributed by atoms with Gasteiger partial charge < -0.3 is 15.8 Å². The minimum Gasteiger partial charge on any atom is -0.481 e. The molecule has 0 aliphatic rings. The lowest BCUT2D eigenvalue weighted by Gasteiger charge is -2.06. The van der Waals surface area contributed by atoms with Crippen LogP contribution in [0.2, 0.25) is 5.02 Å². The molecular formula is C7H9ClN2O2. The molecule has 0 aromatic carbocycles. The summed E-state index contributed by atoms with van der Waals surface area (Å²) < 4.78 is 0. The van der Waals surface area contributed by atoms with E-state index in [9.17, 15) is 4.79 Å². The zero-order valence-corrected chi connectivity index (χ0v) is 7.01. The Morgan fingerprint density at radius 2 is 2.50 bits per heavy atom. The molecule has 0 aliphatic heterocycles. The Morgan fingerprint density at radius 1 is 1.83 bits per heavy atom. The number of H-pyrrole nitrogens is 1. The van der Waals surface area contributed by atoms with Gasteiger partial charge in [-0.3, -0.25) is 4.79 Å². The number of nitrogens with two attached hydrogens (primary N) is 1. The molecule has 0 saturated heterocycles. The second-order valence-electron chi connectivity index (χ2n) is 2.44. The monoisotopic (exact) mass is 188 g/mol. The summed E-state index contributed by atoms with van der Waals surface area (Å²) >= 11 is 5.71. The molecule has 0 fully saturated rings. The number of nitrogens with one attached hydrogen (secondary N) is 1. The van der Waals surface area contributed by atoms with Crippen molar-refractivity contribution in [3.05, 3.63) is 23.0 Å². The van der Waals surface area contributed by atoms with Crippen molar-refractivity contribution in [2.24, 2.45) is 5.73 Å². The molecule has 66 valence electrons. The minimum absolute atomic E-state index is 0.125. The highest BCUT2D eigenvalue weighted by Crippen LogP contribution is 2.21. The number of aliphatic carboxylic acids is 1. The zero-order chi connectivity index (χ0) is 9.14. The fourth-order valence-corrected chi connectivity index (χ4v) is 1.20. The number of hydrogen-bond acceptors (Lipinski definition) is 2. The van der Waals surface area contributed by atoms with Gasteiger partial charge in [0, 0.05) is 6.20 Å². The molecule has 1 unspecified atom stereocenters. The van der Waals surface area contributed by atoms with Crippen LogP contribution in [0.1, 0.15) is 18.2 Å². The minimum atomic E-state index is -0.937. The van der Waals surface area contributed by atoms with Crippen LogP contribution in [0.5, 0.6) is 0 Å². The number of carbonyl (C=O) groups is 1. The molecule has 1 rings (SSSR count). The molecule has 1 heterocycles. The van der Waals surface area contributed by atoms with Gasteiger partial charge in [-0.05, 0) is 6.07 Å². The summed E-state index contributed by atoms with van der Waals surface area (Å²) in [5.41, 5.74) is 6.11. The second-order valence-corrected chi connectivity index (χ2v) is 2.85. The average Bonchev–Trinajstić information content (AvgIpc) is 2.33. The third-order valence-electron chi connectivity index (χ3n) is 1.49. The van der Waals surface area contributed by atoms with E-state index in [4.69, 9.17) is 22.4 Å². The van der Waals surface area contributed by atoms with Crippen LogP contribution in [0.15, 0.2) is 12.3 Å². The Kier molecular flexibility index (Phi) is 2.73. The summed E-state index contributed by atoms with van der Waals surface area (Å²) in [5, 5.41) is 8.91. The quantitative estimate of drug-likeness (QED) is 0.666. The molecule has 1 atom stereocenters. The van der Waals surface area contributed by atoms with Crippen LogP contribution in [-0.2, 0) is 4.79 Å². The maximum absolute atomic E-state index is 10.3. The molecule has 0 bridgehead atoms. The van der Waals surface area contributed by atoms with E-state index in [1.165, 1.54) is 0 Å². The number of halogens is 1. The van der Waals surface area contributed by atoms with Gasteiger partial charge in [0.1, 0.15) is 0 Å². The first-order valence-electron chi connectivity index (χ1n) is 3.41. The van der Waals surface area contributed by atoms with Crippen LogP contribution in [0, 0.1) is 0 Å². The summed E-state index contributed by atoms with van der Waals surface area (Å²) in [6.07, 6.45) is 1.50. The molecule has 4 nitrogen and oxygen atoms in total. The van der Waals surface area contributed by atoms with Gasteiger partial charge in [0.25, 0.3) is 0 Å². The Balaban J connectivity index is 2.71. The lowest BCUT2D eigenvalue weighted by atomic mass is 10.1. The molecule has 0 saturated carbocycles. The van der Waals surface area contributed by atoms with Crippen LogP contribution in [-0.4, -0.2) is 16.1 Å². The van der Waals surface area contributed by atoms with Gasteiger partial charge in [0.2, 0.25) is 0 Å². The van der Waals surface area contributed by atoms with Crippen LogP contribution in [0.25, 0.3) is 0 Å². The van der Waals surface area contributed by atoms with Crippen molar-refractivity contribution >= 4 is 17.6 Å². The van der Waals surface area contributed by atoms with Crippen molar-refractivity contribution in [1.29, 1.82) is 0 Å². The second kappa shape index (κ2) is 3.60. The SMILES string of the molecule is NC(CC(=O)O)c1[nH]ccc1Cl. The molecule has 0 aliphatic carbocycles. The summed E-state index contributed by atoms with van der Waals surface area (Å²) in [4.78, 5) is 13.1. The van der Waals surface area contributed by atoms with Gasteiger partial charge in [0.15, 0.2) is 0 Å². The van der Waals surface area contributed by atoms with Gasteiger partial charge in [0.05, 0.1) is 23.2 Å². The van der Waals surface area contributed by atoms with E-state index in [2.05, 4.69) is 4.98 Å². The first kappa shape index (κ1) is 9.09. The van der Waals surface area contributed by atoms with Crippen LogP contribution >= 0.6 is 11.6 Å². The fourth-order valence-electron chi connectivity index (χ4n) is 0.938. The van der Waals surface area contributed by atoms with Gasteiger partial charge in [-0.15, -0.1) is 0 Å². The Morgan fingerprint density at radius 3 is 2.92 bits per heavy atom. The third kappa shape index (κ3) is 1.99. The normalized spacial score (nSPS) is 12.8. The molecule has 0 spiro atoms. The van der Waals surface area contributed by atoms with Crippen molar-refractivity contribution in [1.82, 2.24) is 4.98 Å². The molecule has 1 aromatic heterocycles. The number of carboxylic acid groups (broad SMARTS) is 1. The smallest absolute Gasteiger partial charge is 0.305 e. The Hall–Kier alpha value is -1.00. The van der Waals surface area contributed by atoms with E-state index in [0.717, 1.165) is 0 Å². The topological polar surface area (TPSA) is 79.1 Å². The van der Waals surface area contributed by atoms with E-state index in [-0.39, 0.29) is 6.42 Å². The molecule has 0 radical (unpaired) electrons. The Bertz CT molecular complexity index is 285. The molecule has 1 aromatic rings. The number of hydrogen-bond donors (Lipinski definition) is 3. The van der Waals surface area contributed by atoms with E-state index in [0.29, 0.717) is 10.7 Å². The maximum Gasteiger partial charge on any atom is 0.305 e. The zero-order valence-electron chi connectivity index (χ0n) is 6.25. The van der Waals surface area contributed by atoms with Crippen molar-refractivity contribution in [2.75, 3.05) is 0 Å². The van der Waals surface area contributed by atoms with Crippen molar-refractivity contribution in [2.45, 2.75) is 12.5 Å². The first-order valence-corrected chi connectivity index (χ1v) is 3.79. The molecule has 12 heavy (non-hydrogen) atoms. The van der Waals surface area contributed by atoms with Gasteiger partial charge in [-0.2, -0.15) is 0 Å². The summed E-state index contributed by atoms with van der Waals surface area (Å²) in [7, 11) is 0. The predicted octanol–water partition coefficient (Wildman–Crippen LogP) is 1.14. The van der Waals surface area contributed by atoms with Crippen molar-refractivity contribution in [3.8, 4) is 0 Å². The standard InChI is InChI=1S/C7H9ClN2O2/c8-4-1-2-10-7(4)5(9)3-6(11)12/h1-2,5,10H,3,9H2,(H,11,12). The largest absolute Gasteiger partial charge is 0.481 e. The van der Waals surface area contributed by atoms with Crippen LogP contribution in [0.4, 0.5) is 0 Å². The molecule has 0 amide bonds. The van der Waals surface area contributed by atoms with Crippen LogP contribution < -0.4 is 5.73 Å². The predicted molar refractivity (Wildman–Crippen MR) is 45.0 cm³/mol. The highest BCUT2D eigenvalue weighted by molar-refractivity contribution is 6.31. The van der Waals surface area contributed by atoms with E-state index in [1.807, 2.05) is 0 Å². The lowest BCUT2D eigenvalue weighted by Crippen LogP contribution is -2.15. The van der Waals surface area contributed by atoms with Gasteiger partial charge in [-0.1, -0.05) is 11.6 Å². The summed E-state index contributed by atoms with van der Waals surface area (Å²) in [6.45, 7) is 0. The summed E-state index contributed by atoms with van der Waals surface area (Å²) in [6, 6.07) is 1.07. The number of carboxylic acids is 1. The molecule has 4 N–H and O–H groups in total. The first-order chi connectivity index (χ1) is 5.61. The Labute approximate surface area is 74.3 Å². The van der Waals surface area contributed by atoms with Gasteiger partial charge in [-0.25, -0.2) is 0 Å². The van der Waals surface area contributed by atoms with E-state index >= 15 is 0 Å². The fraction of sp³-hybridized carbons (Fsp3) is 0.286. The molecular weight excluding hydrogens is 180 g/mol. The molecule has 5 heteroatoms. The highest BCUT2D eigenvalue weighted by Gasteiger charge is 2.14. The third-order valence-corrected chi connectivity index (χ3v) is 1.82. The summed E-state index contributed by atoms with van der Waals surface area (Å²) in [5.74, 6) is -0.937. The van der Waals surface area contributed by atoms with Crippen molar-refractivity contribution < 1.29 is 9.90 Å². The van der Waals surface area contributed by atoms with E-state index < -0.39 is 12.0 Å². The highest BCUT2D eigenvalue weighted by atomic mass is 35.5.